The van der Waals surface area contributed by atoms with E-state index in [0.717, 1.165) is 0 Å². The van der Waals surface area contributed by atoms with Crippen molar-refractivity contribution >= 4 is 29.8 Å². The van der Waals surface area contributed by atoms with Gasteiger partial charge in [0.25, 0.3) is 0 Å². The molecule has 1 saturated heterocycles. The highest BCUT2D eigenvalue weighted by Gasteiger charge is 2.65. The third kappa shape index (κ3) is 4.89. The van der Waals surface area contributed by atoms with Crippen LogP contribution in [0.5, 0.6) is 11.5 Å². The summed E-state index contributed by atoms with van der Waals surface area (Å²) in [5.74, 6) is 0.790. The standard InChI is InChI=1S/C12H20O11P4/c1-21-7-2-4-8(5-3-7)22-12-11(14)10(13)9(23-12)6-25(15,16)27(19,20)26(17,18)24/h2-5,9-14,17-18H,6,24H2,1H3,(H-,15,16,19,20)/p+1/t9-,10-,11-,12-/m1/s1. The van der Waals surface area contributed by atoms with E-state index in [2.05, 4.69) is 0 Å². The predicted octanol–water partition coefficient (Wildman–Crippen LogP) is 0.514. The summed E-state index contributed by atoms with van der Waals surface area (Å²) in [5.41, 5.74) is 0. The number of rotatable bonds is 7. The van der Waals surface area contributed by atoms with Gasteiger partial charge in [0.05, 0.1) is 22.2 Å². The van der Waals surface area contributed by atoms with Gasteiger partial charge in [0.1, 0.15) is 29.8 Å². The topological polar surface area (TPSA) is 183 Å². The molecule has 0 aliphatic carbocycles. The first kappa shape index (κ1) is 23.1. The summed E-state index contributed by atoms with van der Waals surface area (Å²) in [6.07, 6.45) is -7.37. The van der Waals surface area contributed by atoms with Crippen molar-refractivity contribution in [3.8, 4) is 11.5 Å². The summed E-state index contributed by atoms with van der Waals surface area (Å²) >= 11 is 0. The van der Waals surface area contributed by atoms with Crippen LogP contribution in [0.1, 0.15) is 0 Å². The second-order valence-electron chi connectivity index (χ2n) is 5.79. The van der Waals surface area contributed by atoms with E-state index in [0.29, 0.717) is 5.75 Å². The highest BCUT2D eigenvalue weighted by molar-refractivity contribution is 8.76. The molecule has 0 amide bonds. The van der Waals surface area contributed by atoms with Gasteiger partial charge < -0.3 is 34.2 Å². The van der Waals surface area contributed by atoms with E-state index in [4.69, 9.17) is 14.2 Å². The van der Waals surface area contributed by atoms with Crippen molar-refractivity contribution in [1.29, 1.82) is 0 Å². The first-order valence-electron chi connectivity index (χ1n) is 7.41. The van der Waals surface area contributed by atoms with E-state index in [-0.39, 0.29) is 5.75 Å². The zero-order chi connectivity index (χ0) is 20.6. The van der Waals surface area contributed by atoms with Gasteiger partial charge in [-0.3, -0.25) is 4.57 Å². The lowest BCUT2D eigenvalue weighted by Crippen LogP contribution is -2.35. The number of hydrogen-bond donors (Lipinski definition) is 6. The lowest BCUT2D eigenvalue weighted by molar-refractivity contribution is -0.106. The van der Waals surface area contributed by atoms with Crippen LogP contribution >= 0.6 is 29.8 Å². The minimum atomic E-state index is -5.30. The van der Waals surface area contributed by atoms with E-state index in [1.54, 1.807) is 12.1 Å². The average Bonchev–Trinajstić information content (AvgIpc) is 2.82. The Kier molecular flexibility index (Phi) is 7.12. The minimum absolute atomic E-state index is 0.244. The van der Waals surface area contributed by atoms with E-state index in [1.807, 2.05) is 0 Å². The first-order chi connectivity index (χ1) is 12.3. The van der Waals surface area contributed by atoms with Crippen LogP contribution < -0.4 is 9.47 Å². The number of ether oxygens (including phenoxy) is 3. The molecule has 1 fully saturated rings. The van der Waals surface area contributed by atoms with Crippen LogP contribution in [-0.4, -0.2) is 67.7 Å². The monoisotopic (exact) mass is 465 g/mol. The molecule has 7 atom stereocenters. The second kappa shape index (κ2) is 8.31. The molecule has 2 rings (SSSR count). The Morgan fingerprint density at radius 3 is 2.11 bits per heavy atom. The fourth-order valence-electron chi connectivity index (χ4n) is 2.30. The van der Waals surface area contributed by atoms with Crippen molar-refractivity contribution in [1.82, 2.24) is 0 Å². The van der Waals surface area contributed by atoms with Gasteiger partial charge in [-0.25, -0.2) is 14.4 Å². The Labute approximate surface area is 157 Å². The number of hydrogen-bond acceptors (Lipinski definition) is 9. The Balaban J connectivity index is 2.11. The third-order valence-corrected chi connectivity index (χ3v) is 20.9. The van der Waals surface area contributed by atoms with E-state index in [1.165, 1.54) is 28.2 Å². The van der Waals surface area contributed by atoms with Gasteiger partial charge in [-0.2, -0.15) is 0 Å². The smallest absolute Gasteiger partial charge is 0.466 e. The fourth-order valence-corrected chi connectivity index (χ4v) is 14.8. The minimum Gasteiger partial charge on any atom is -0.497 e. The summed E-state index contributed by atoms with van der Waals surface area (Å²) in [7, 11) is -6.95. The zero-order valence-electron chi connectivity index (χ0n) is 14.0. The van der Waals surface area contributed by atoms with E-state index in [9.17, 15) is 38.9 Å². The van der Waals surface area contributed by atoms with Gasteiger partial charge >= 0.3 is 20.9 Å². The van der Waals surface area contributed by atoms with Gasteiger partial charge in [0.15, 0.2) is 0 Å². The lowest BCUT2D eigenvalue weighted by atomic mass is 10.1. The summed E-state index contributed by atoms with van der Waals surface area (Å²) < 4.78 is 39.8. The largest absolute Gasteiger partial charge is 0.497 e. The molecule has 0 radical (unpaired) electrons. The molecular weight excluding hydrogens is 444 g/mol. The molecule has 3 unspecified atom stereocenters. The molecule has 0 aromatic heterocycles. The maximum Gasteiger partial charge on any atom is 0.466 e. The van der Waals surface area contributed by atoms with Crippen molar-refractivity contribution in [2.45, 2.75) is 24.6 Å². The van der Waals surface area contributed by atoms with Crippen LogP contribution in [0.15, 0.2) is 24.3 Å². The summed E-state index contributed by atoms with van der Waals surface area (Å²) in [6, 6.07) is 6.13. The molecular formula is C12H21O11P4+. The fraction of sp³-hybridized carbons (Fsp3) is 0.500. The maximum absolute atomic E-state index is 12.2. The quantitative estimate of drug-likeness (QED) is 0.309. The SMILES string of the molecule is COc1ccc(O[C@@H]2O[C@H](CP(=O)(O)P(=O)(O)[P+](O)(O)P)[C@@H](O)[C@H]2O)cc1. The van der Waals surface area contributed by atoms with Crippen LogP contribution in [0.2, 0.25) is 0 Å². The molecule has 1 aliphatic rings. The van der Waals surface area contributed by atoms with Crippen molar-refractivity contribution < 1.29 is 53.1 Å². The van der Waals surface area contributed by atoms with E-state index < -0.39 is 51.7 Å². The molecule has 15 heteroatoms. The lowest BCUT2D eigenvalue weighted by Gasteiger charge is -2.22. The molecule has 11 nitrogen and oxygen atoms in total. The van der Waals surface area contributed by atoms with Crippen molar-refractivity contribution in [3.63, 3.8) is 0 Å². The third-order valence-electron chi connectivity index (χ3n) is 3.84. The van der Waals surface area contributed by atoms with Crippen LogP contribution in [0.25, 0.3) is 0 Å². The Bertz CT molecular complexity index is 749. The zero-order valence-corrected chi connectivity index (χ0v) is 17.8. The van der Waals surface area contributed by atoms with E-state index >= 15 is 0 Å². The average molecular weight is 465 g/mol. The Hall–Kier alpha value is -0.140. The highest BCUT2D eigenvalue weighted by atomic mass is 32.7. The number of benzene rings is 1. The molecule has 154 valence electrons. The van der Waals surface area contributed by atoms with Crippen LogP contribution in [0.3, 0.4) is 0 Å². The molecule has 1 aromatic carbocycles. The van der Waals surface area contributed by atoms with Crippen molar-refractivity contribution in [2.24, 2.45) is 0 Å². The molecule has 1 aromatic rings. The maximum atomic E-state index is 12.2. The van der Waals surface area contributed by atoms with Gasteiger partial charge in [0, 0.05) is 0 Å². The van der Waals surface area contributed by atoms with Gasteiger partial charge in [-0.15, -0.1) is 0 Å². The molecule has 1 heterocycles. The molecule has 6 N–H and O–H groups in total. The van der Waals surface area contributed by atoms with Crippen molar-refractivity contribution in [2.75, 3.05) is 13.3 Å². The van der Waals surface area contributed by atoms with Gasteiger partial charge in [-0.1, -0.05) is 0 Å². The Morgan fingerprint density at radius 1 is 1.11 bits per heavy atom. The second-order valence-corrected chi connectivity index (χ2v) is 21.0. The van der Waals surface area contributed by atoms with Crippen LogP contribution in [0, 0.1) is 0 Å². The van der Waals surface area contributed by atoms with Crippen LogP contribution in [-0.2, 0) is 13.9 Å². The summed E-state index contributed by atoms with van der Waals surface area (Å²) in [4.78, 5) is 38.3. The number of aliphatic hydroxyl groups is 2. The van der Waals surface area contributed by atoms with Crippen LogP contribution in [0.4, 0.5) is 0 Å². The van der Waals surface area contributed by atoms with Gasteiger partial charge in [-0.05, 0) is 24.3 Å². The molecule has 0 spiro atoms. The molecule has 27 heavy (non-hydrogen) atoms. The number of aliphatic hydroxyl groups excluding tert-OH is 2. The number of methoxy groups -OCH3 is 1. The Morgan fingerprint density at radius 2 is 1.63 bits per heavy atom. The van der Waals surface area contributed by atoms with Gasteiger partial charge in [0.2, 0.25) is 6.29 Å². The first-order valence-corrected chi connectivity index (χ1v) is 15.6. The summed E-state index contributed by atoms with van der Waals surface area (Å²) in [5, 5.41) is 20.0. The molecule has 1 aliphatic heterocycles. The highest BCUT2D eigenvalue weighted by Crippen LogP contribution is 3.01. The molecule has 0 saturated carbocycles. The normalized spacial score (nSPS) is 30.4. The predicted molar refractivity (Wildman–Crippen MR) is 99.9 cm³/mol. The van der Waals surface area contributed by atoms with Crippen molar-refractivity contribution in [3.05, 3.63) is 24.3 Å². The summed E-state index contributed by atoms with van der Waals surface area (Å²) in [6.45, 7) is -5.30. The molecule has 0 bridgehead atoms.